The van der Waals surface area contributed by atoms with Crippen molar-refractivity contribution in [3.8, 4) is 22.8 Å². The van der Waals surface area contributed by atoms with Gasteiger partial charge in [-0.1, -0.05) is 30.3 Å². The molecule has 2 aromatic carbocycles. The van der Waals surface area contributed by atoms with Crippen LogP contribution >= 0.6 is 22.6 Å². The van der Waals surface area contributed by atoms with Crippen molar-refractivity contribution in [3.63, 3.8) is 0 Å². The molecule has 5 heteroatoms. The second-order valence-corrected chi connectivity index (χ2v) is 5.62. The van der Waals surface area contributed by atoms with Gasteiger partial charge in [0.15, 0.2) is 11.5 Å². The first-order chi connectivity index (χ1) is 10.1. The Hall–Kier alpha value is -2.15. The number of carbonyl (C=O) groups is 1. The molecule has 1 N–H and O–H groups in total. The van der Waals surface area contributed by atoms with E-state index >= 15 is 0 Å². The molecule has 0 saturated carbocycles. The number of nitrogens with zero attached hydrogens (tertiary/aromatic N) is 1. The summed E-state index contributed by atoms with van der Waals surface area (Å²) in [4.78, 5) is 15.5. The van der Waals surface area contributed by atoms with Gasteiger partial charge in [0.05, 0.1) is 0 Å². The average Bonchev–Trinajstić information content (AvgIpc) is 2.94. The predicted octanol–water partition coefficient (Wildman–Crippen LogP) is 4.31. The number of aromatic carboxylic acids is 1. The van der Waals surface area contributed by atoms with Crippen molar-refractivity contribution in [1.29, 1.82) is 0 Å². The number of hydrogen-bond acceptors (Lipinski definition) is 3. The first kappa shape index (κ1) is 13.8. The Balaban J connectivity index is 2.14. The molecule has 4 nitrogen and oxygen atoms in total. The van der Waals surface area contributed by atoms with Crippen LogP contribution in [0, 0.1) is 3.57 Å². The Kier molecular flexibility index (Phi) is 3.74. The van der Waals surface area contributed by atoms with E-state index in [2.05, 4.69) is 27.6 Å². The summed E-state index contributed by atoms with van der Waals surface area (Å²) in [6, 6.07) is 16.7. The van der Waals surface area contributed by atoms with E-state index in [4.69, 9.17) is 4.42 Å². The van der Waals surface area contributed by atoms with Crippen LogP contribution in [0.4, 0.5) is 0 Å². The third kappa shape index (κ3) is 2.82. The smallest absolute Gasteiger partial charge is 0.358 e. The first-order valence-corrected chi connectivity index (χ1v) is 7.28. The topological polar surface area (TPSA) is 63.3 Å². The fourth-order valence-corrected chi connectivity index (χ4v) is 2.33. The van der Waals surface area contributed by atoms with E-state index in [0.29, 0.717) is 11.5 Å². The maximum absolute atomic E-state index is 11.4. The molecule has 0 spiro atoms. The van der Waals surface area contributed by atoms with E-state index in [1.54, 1.807) is 0 Å². The molecule has 0 unspecified atom stereocenters. The average molecular weight is 391 g/mol. The van der Waals surface area contributed by atoms with Gasteiger partial charge in [-0.3, -0.25) is 0 Å². The fourth-order valence-electron chi connectivity index (χ4n) is 1.97. The SMILES string of the molecule is O=C(O)c1nc(-c2ccccc2)oc1-c1ccc(I)cc1. The Morgan fingerprint density at radius 3 is 2.29 bits per heavy atom. The number of oxazole rings is 1. The van der Waals surface area contributed by atoms with Crippen LogP contribution in [-0.4, -0.2) is 16.1 Å². The van der Waals surface area contributed by atoms with Crippen LogP contribution < -0.4 is 0 Å². The Morgan fingerprint density at radius 2 is 1.67 bits per heavy atom. The summed E-state index contributed by atoms with van der Waals surface area (Å²) in [6.07, 6.45) is 0. The standard InChI is InChI=1S/C16H10INO3/c17-12-8-6-10(7-9-12)14-13(16(19)20)18-15(21-14)11-4-2-1-3-5-11/h1-9H,(H,19,20). The third-order valence-electron chi connectivity index (χ3n) is 2.96. The van der Waals surface area contributed by atoms with Crippen LogP contribution in [0.1, 0.15) is 10.5 Å². The molecule has 0 radical (unpaired) electrons. The van der Waals surface area contributed by atoms with Gasteiger partial charge in [-0.05, 0) is 46.9 Å². The lowest BCUT2D eigenvalue weighted by atomic mass is 10.1. The zero-order valence-electron chi connectivity index (χ0n) is 10.8. The summed E-state index contributed by atoms with van der Waals surface area (Å²) in [5.74, 6) is -0.520. The molecule has 21 heavy (non-hydrogen) atoms. The number of benzene rings is 2. The lowest BCUT2D eigenvalue weighted by molar-refractivity contribution is 0.0691. The molecule has 0 bridgehead atoms. The summed E-state index contributed by atoms with van der Waals surface area (Å²) in [5, 5.41) is 9.32. The molecule has 0 saturated heterocycles. The molecular weight excluding hydrogens is 381 g/mol. The number of carboxylic acids is 1. The number of hydrogen-bond donors (Lipinski definition) is 1. The van der Waals surface area contributed by atoms with E-state index < -0.39 is 5.97 Å². The molecule has 1 aromatic heterocycles. The molecule has 104 valence electrons. The zero-order chi connectivity index (χ0) is 14.8. The highest BCUT2D eigenvalue weighted by Gasteiger charge is 2.21. The summed E-state index contributed by atoms with van der Waals surface area (Å²) in [7, 11) is 0. The number of carboxylic acid groups (broad SMARTS) is 1. The molecule has 3 rings (SSSR count). The van der Waals surface area contributed by atoms with Crippen LogP contribution in [0.5, 0.6) is 0 Å². The molecule has 0 aliphatic heterocycles. The van der Waals surface area contributed by atoms with Crippen molar-refractivity contribution in [1.82, 2.24) is 4.98 Å². The van der Waals surface area contributed by atoms with Crippen molar-refractivity contribution >= 4 is 28.6 Å². The Morgan fingerprint density at radius 1 is 1.00 bits per heavy atom. The molecule has 1 heterocycles. The largest absolute Gasteiger partial charge is 0.476 e. The molecule has 0 aliphatic carbocycles. The highest BCUT2D eigenvalue weighted by molar-refractivity contribution is 14.1. The van der Waals surface area contributed by atoms with Crippen molar-refractivity contribution in [2.75, 3.05) is 0 Å². The minimum absolute atomic E-state index is 0.0740. The highest BCUT2D eigenvalue weighted by atomic mass is 127. The van der Waals surface area contributed by atoms with Gasteiger partial charge >= 0.3 is 5.97 Å². The predicted molar refractivity (Wildman–Crippen MR) is 87.1 cm³/mol. The zero-order valence-corrected chi connectivity index (χ0v) is 12.9. The van der Waals surface area contributed by atoms with Gasteiger partial charge in [0.2, 0.25) is 5.89 Å². The van der Waals surface area contributed by atoms with Gasteiger partial charge < -0.3 is 9.52 Å². The molecule has 0 atom stereocenters. The third-order valence-corrected chi connectivity index (χ3v) is 3.68. The van der Waals surface area contributed by atoms with Crippen LogP contribution in [0.25, 0.3) is 22.8 Å². The lowest BCUT2D eigenvalue weighted by Gasteiger charge is -1.98. The van der Waals surface area contributed by atoms with Crippen molar-refractivity contribution in [3.05, 3.63) is 63.9 Å². The number of halogens is 1. The second-order valence-electron chi connectivity index (χ2n) is 4.37. The summed E-state index contributed by atoms with van der Waals surface area (Å²) >= 11 is 2.19. The van der Waals surface area contributed by atoms with E-state index in [1.807, 2.05) is 54.6 Å². The van der Waals surface area contributed by atoms with E-state index in [0.717, 1.165) is 9.13 Å². The monoisotopic (exact) mass is 391 g/mol. The molecular formula is C16H10INO3. The van der Waals surface area contributed by atoms with E-state index in [1.165, 1.54) is 0 Å². The summed E-state index contributed by atoms with van der Waals surface area (Å²) in [5.41, 5.74) is 1.37. The molecule has 0 aliphatic rings. The van der Waals surface area contributed by atoms with E-state index in [-0.39, 0.29) is 11.5 Å². The van der Waals surface area contributed by atoms with Crippen LogP contribution in [0.3, 0.4) is 0 Å². The first-order valence-electron chi connectivity index (χ1n) is 6.20. The van der Waals surface area contributed by atoms with Gasteiger partial charge in [-0.15, -0.1) is 0 Å². The van der Waals surface area contributed by atoms with Crippen molar-refractivity contribution < 1.29 is 14.3 Å². The summed E-state index contributed by atoms with van der Waals surface area (Å²) < 4.78 is 6.76. The molecule has 3 aromatic rings. The van der Waals surface area contributed by atoms with Gasteiger partial charge in [0, 0.05) is 14.7 Å². The van der Waals surface area contributed by atoms with Crippen LogP contribution in [-0.2, 0) is 0 Å². The minimum Gasteiger partial charge on any atom is -0.476 e. The number of rotatable bonds is 3. The Labute approximate surface area is 134 Å². The fraction of sp³-hybridized carbons (Fsp3) is 0. The van der Waals surface area contributed by atoms with Gasteiger partial charge in [-0.25, -0.2) is 9.78 Å². The normalized spacial score (nSPS) is 10.5. The maximum Gasteiger partial charge on any atom is 0.358 e. The summed E-state index contributed by atoms with van der Waals surface area (Å²) in [6.45, 7) is 0. The van der Waals surface area contributed by atoms with Crippen molar-refractivity contribution in [2.45, 2.75) is 0 Å². The quantitative estimate of drug-likeness (QED) is 0.676. The van der Waals surface area contributed by atoms with E-state index in [9.17, 15) is 9.90 Å². The van der Waals surface area contributed by atoms with Gasteiger partial charge in [0.25, 0.3) is 0 Å². The second kappa shape index (κ2) is 5.69. The Bertz CT molecular complexity index is 779. The highest BCUT2D eigenvalue weighted by Crippen LogP contribution is 2.30. The van der Waals surface area contributed by atoms with Crippen molar-refractivity contribution in [2.24, 2.45) is 0 Å². The minimum atomic E-state index is -1.10. The molecule has 0 fully saturated rings. The number of aromatic nitrogens is 1. The van der Waals surface area contributed by atoms with Gasteiger partial charge in [0.1, 0.15) is 0 Å². The van der Waals surface area contributed by atoms with Crippen LogP contribution in [0.15, 0.2) is 59.0 Å². The molecule has 0 amide bonds. The van der Waals surface area contributed by atoms with Gasteiger partial charge in [-0.2, -0.15) is 0 Å². The van der Waals surface area contributed by atoms with Crippen LogP contribution in [0.2, 0.25) is 0 Å². The lowest BCUT2D eigenvalue weighted by Crippen LogP contribution is -1.98. The maximum atomic E-state index is 11.4.